The Bertz CT molecular complexity index is 1070. The van der Waals surface area contributed by atoms with Gasteiger partial charge in [-0.25, -0.2) is 4.79 Å². The van der Waals surface area contributed by atoms with Gasteiger partial charge in [-0.2, -0.15) is 0 Å². The number of aryl methyl sites for hydroxylation is 1. The van der Waals surface area contributed by atoms with Crippen LogP contribution in [-0.4, -0.2) is 32.6 Å². The lowest BCUT2D eigenvalue weighted by molar-refractivity contribution is 0.287. The lowest BCUT2D eigenvalue weighted by Gasteiger charge is -2.25. The Balaban J connectivity index is 1.85. The van der Waals surface area contributed by atoms with Gasteiger partial charge in [-0.05, 0) is 73.5 Å². The minimum atomic E-state index is -0.312. The first-order valence-corrected chi connectivity index (χ1v) is 10.4. The molecule has 0 fully saturated rings. The molecule has 1 aromatic heterocycles. The van der Waals surface area contributed by atoms with Gasteiger partial charge in [-0.1, -0.05) is 26.0 Å². The molecule has 0 amide bonds. The van der Waals surface area contributed by atoms with Gasteiger partial charge in [-0.3, -0.25) is 0 Å². The third kappa shape index (κ3) is 4.91. The summed E-state index contributed by atoms with van der Waals surface area (Å²) in [6, 6.07) is 14.1. The molecule has 0 bridgehead atoms. The second-order valence-corrected chi connectivity index (χ2v) is 8.34. The number of rotatable bonds is 8. The monoisotopic (exact) mass is 408 g/mol. The van der Waals surface area contributed by atoms with Gasteiger partial charge in [0.05, 0.1) is 7.11 Å². The van der Waals surface area contributed by atoms with Gasteiger partial charge >= 0.3 is 5.63 Å². The number of fused-ring (bicyclic) bond motifs is 1. The van der Waals surface area contributed by atoms with E-state index in [-0.39, 0.29) is 11.7 Å². The molecule has 3 aromatic rings. The molecule has 30 heavy (non-hydrogen) atoms. The fourth-order valence-electron chi connectivity index (χ4n) is 3.95. The van der Waals surface area contributed by atoms with Gasteiger partial charge in [0.2, 0.25) is 0 Å². The van der Waals surface area contributed by atoms with Crippen molar-refractivity contribution in [1.82, 2.24) is 10.2 Å². The van der Waals surface area contributed by atoms with Crippen molar-refractivity contribution in [2.24, 2.45) is 0 Å². The second kappa shape index (κ2) is 9.45. The first-order valence-electron chi connectivity index (χ1n) is 10.4. The molecule has 1 N–H and O–H groups in total. The summed E-state index contributed by atoms with van der Waals surface area (Å²) in [6.07, 6.45) is 0. The molecule has 0 unspecified atom stereocenters. The summed E-state index contributed by atoms with van der Waals surface area (Å²) in [4.78, 5) is 14.3. The van der Waals surface area contributed by atoms with Gasteiger partial charge < -0.3 is 19.4 Å². The zero-order valence-corrected chi connectivity index (χ0v) is 18.8. The molecule has 0 aliphatic rings. The lowest BCUT2D eigenvalue weighted by atomic mass is 9.95. The highest BCUT2D eigenvalue weighted by Crippen LogP contribution is 2.27. The molecule has 0 aliphatic carbocycles. The van der Waals surface area contributed by atoms with E-state index in [0.29, 0.717) is 18.0 Å². The fraction of sp³-hybridized carbons (Fsp3) is 0.400. The van der Waals surface area contributed by atoms with Crippen molar-refractivity contribution in [2.45, 2.75) is 39.3 Å². The van der Waals surface area contributed by atoms with Crippen LogP contribution < -0.4 is 15.7 Å². The first-order chi connectivity index (χ1) is 14.3. The van der Waals surface area contributed by atoms with Crippen molar-refractivity contribution in [2.75, 3.05) is 27.7 Å². The van der Waals surface area contributed by atoms with E-state index in [1.807, 2.05) is 18.2 Å². The highest BCUT2D eigenvalue weighted by molar-refractivity contribution is 5.82. The molecule has 160 valence electrons. The Labute approximate surface area is 178 Å². The number of methoxy groups -OCH3 is 1. The summed E-state index contributed by atoms with van der Waals surface area (Å²) in [7, 11) is 5.81. The van der Waals surface area contributed by atoms with Crippen LogP contribution in [0.5, 0.6) is 5.75 Å². The SMILES string of the molecule is COc1cccc([C@H](CNCc2cc(=O)oc3cc(C)c(C(C)C)cc23)N(C)C)c1. The van der Waals surface area contributed by atoms with Gasteiger partial charge in [0.1, 0.15) is 11.3 Å². The third-order valence-electron chi connectivity index (χ3n) is 5.59. The van der Waals surface area contributed by atoms with E-state index in [0.717, 1.165) is 28.8 Å². The van der Waals surface area contributed by atoms with Crippen LogP contribution in [-0.2, 0) is 6.54 Å². The Morgan fingerprint density at radius 2 is 1.90 bits per heavy atom. The van der Waals surface area contributed by atoms with E-state index in [1.54, 1.807) is 13.2 Å². The Morgan fingerprint density at radius 1 is 1.13 bits per heavy atom. The highest BCUT2D eigenvalue weighted by atomic mass is 16.5. The van der Waals surface area contributed by atoms with Crippen molar-refractivity contribution in [3.63, 3.8) is 0 Å². The number of benzene rings is 2. The van der Waals surface area contributed by atoms with E-state index >= 15 is 0 Å². The predicted molar refractivity (Wildman–Crippen MR) is 122 cm³/mol. The topological polar surface area (TPSA) is 54.7 Å². The van der Waals surface area contributed by atoms with E-state index in [1.165, 1.54) is 11.1 Å². The quantitative estimate of drug-likeness (QED) is 0.551. The maximum atomic E-state index is 12.1. The number of likely N-dealkylation sites (N-methyl/N-ethyl adjacent to an activating group) is 1. The van der Waals surface area contributed by atoms with Crippen LogP contribution >= 0.6 is 0 Å². The molecule has 0 radical (unpaired) electrons. The van der Waals surface area contributed by atoms with Crippen LogP contribution in [0.15, 0.2) is 51.7 Å². The zero-order valence-electron chi connectivity index (χ0n) is 18.8. The molecular formula is C25H32N2O3. The summed E-state index contributed by atoms with van der Waals surface area (Å²) in [5.41, 5.74) is 4.91. The van der Waals surface area contributed by atoms with Crippen LogP contribution in [0.2, 0.25) is 0 Å². The molecule has 0 saturated carbocycles. The van der Waals surface area contributed by atoms with Gasteiger partial charge in [0, 0.05) is 30.6 Å². The Kier molecular flexibility index (Phi) is 6.95. The standard InChI is InChI=1S/C25H32N2O3/c1-16(2)21-13-22-19(12-25(28)30-24(22)10-17(21)3)14-26-15-23(27(4)5)18-8-7-9-20(11-18)29-6/h7-13,16,23,26H,14-15H2,1-6H3/t23-/m0/s1. The van der Waals surface area contributed by atoms with Crippen molar-refractivity contribution in [1.29, 1.82) is 0 Å². The van der Waals surface area contributed by atoms with Crippen LogP contribution in [0.1, 0.15) is 48.1 Å². The second-order valence-electron chi connectivity index (χ2n) is 8.34. The van der Waals surface area contributed by atoms with Gasteiger partial charge in [0.15, 0.2) is 0 Å². The number of nitrogens with zero attached hydrogens (tertiary/aromatic N) is 1. The van der Waals surface area contributed by atoms with E-state index in [9.17, 15) is 4.79 Å². The normalized spacial score (nSPS) is 12.7. The summed E-state index contributed by atoms with van der Waals surface area (Å²) in [5, 5.41) is 4.54. The molecule has 0 saturated heterocycles. The largest absolute Gasteiger partial charge is 0.497 e. The molecule has 1 heterocycles. The van der Waals surface area contributed by atoms with Crippen LogP contribution in [0.4, 0.5) is 0 Å². The van der Waals surface area contributed by atoms with E-state index in [2.05, 4.69) is 63.3 Å². The van der Waals surface area contributed by atoms with Crippen molar-refractivity contribution in [3.05, 3.63) is 75.1 Å². The number of nitrogens with one attached hydrogen (secondary N) is 1. The number of ether oxygens (including phenoxy) is 1. The van der Waals surface area contributed by atoms with Crippen molar-refractivity contribution >= 4 is 11.0 Å². The maximum absolute atomic E-state index is 12.1. The molecule has 5 heteroatoms. The van der Waals surface area contributed by atoms with E-state index < -0.39 is 0 Å². The summed E-state index contributed by atoms with van der Waals surface area (Å²) < 4.78 is 10.8. The third-order valence-corrected chi connectivity index (χ3v) is 5.59. The lowest BCUT2D eigenvalue weighted by Crippen LogP contribution is -2.31. The van der Waals surface area contributed by atoms with Gasteiger partial charge in [-0.15, -0.1) is 0 Å². The van der Waals surface area contributed by atoms with Crippen LogP contribution in [0.3, 0.4) is 0 Å². The van der Waals surface area contributed by atoms with Crippen LogP contribution in [0, 0.1) is 6.92 Å². The molecule has 2 aromatic carbocycles. The smallest absolute Gasteiger partial charge is 0.336 e. The Morgan fingerprint density at radius 3 is 2.57 bits per heavy atom. The zero-order chi connectivity index (χ0) is 21.8. The summed E-state index contributed by atoms with van der Waals surface area (Å²) in [6.45, 7) is 7.76. The number of hydrogen-bond donors (Lipinski definition) is 1. The average molecular weight is 409 g/mol. The molecule has 3 rings (SSSR count). The fourth-order valence-corrected chi connectivity index (χ4v) is 3.95. The Hall–Kier alpha value is -2.63. The predicted octanol–water partition coefficient (Wildman–Crippen LogP) is 4.63. The summed E-state index contributed by atoms with van der Waals surface area (Å²) in [5.74, 6) is 1.26. The van der Waals surface area contributed by atoms with Crippen molar-refractivity contribution in [3.8, 4) is 5.75 Å². The minimum absolute atomic E-state index is 0.181. The maximum Gasteiger partial charge on any atom is 0.336 e. The highest BCUT2D eigenvalue weighted by Gasteiger charge is 2.16. The minimum Gasteiger partial charge on any atom is -0.497 e. The molecule has 0 aliphatic heterocycles. The molecular weight excluding hydrogens is 376 g/mol. The number of hydrogen-bond acceptors (Lipinski definition) is 5. The first kappa shape index (κ1) is 22.1. The van der Waals surface area contributed by atoms with Gasteiger partial charge in [0.25, 0.3) is 0 Å². The molecule has 5 nitrogen and oxygen atoms in total. The average Bonchev–Trinajstić information content (AvgIpc) is 2.69. The molecule has 1 atom stereocenters. The van der Waals surface area contributed by atoms with E-state index in [4.69, 9.17) is 9.15 Å². The van der Waals surface area contributed by atoms with Crippen molar-refractivity contribution < 1.29 is 9.15 Å². The summed E-state index contributed by atoms with van der Waals surface area (Å²) >= 11 is 0. The van der Waals surface area contributed by atoms with Crippen LogP contribution in [0.25, 0.3) is 11.0 Å². The molecule has 0 spiro atoms.